The zero-order chi connectivity index (χ0) is 20.5. The molecule has 8 heteroatoms. The van der Waals surface area contributed by atoms with Crippen molar-refractivity contribution in [2.45, 2.75) is 27.2 Å². The van der Waals surface area contributed by atoms with E-state index in [4.69, 9.17) is 4.52 Å². The van der Waals surface area contributed by atoms with Crippen molar-refractivity contribution in [3.05, 3.63) is 70.1 Å². The van der Waals surface area contributed by atoms with Crippen LogP contribution in [0.4, 0.5) is 4.39 Å². The van der Waals surface area contributed by atoms with Gasteiger partial charge in [-0.25, -0.2) is 9.37 Å². The Balaban J connectivity index is 1.55. The van der Waals surface area contributed by atoms with Crippen LogP contribution in [0.3, 0.4) is 0 Å². The lowest BCUT2D eigenvalue weighted by atomic mass is 10.0. The van der Waals surface area contributed by atoms with Crippen molar-refractivity contribution in [2.75, 3.05) is 0 Å². The lowest BCUT2D eigenvalue weighted by molar-refractivity contribution is 0.0990. The number of thiazole rings is 1. The molecule has 4 aromatic heterocycles. The molecule has 4 rings (SSSR count). The number of ketones is 1. The topological polar surface area (TPSA) is 81.8 Å². The van der Waals surface area contributed by atoms with E-state index >= 15 is 0 Å². The van der Waals surface area contributed by atoms with Crippen LogP contribution >= 0.6 is 11.3 Å². The summed E-state index contributed by atoms with van der Waals surface area (Å²) in [6, 6.07) is 5.51. The van der Waals surface area contributed by atoms with Crippen LogP contribution in [0.2, 0.25) is 0 Å². The second kappa shape index (κ2) is 7.63. The van der Waals surface area contributed by atoms with Gasteiger partial charge in [0.25, 0.3) is 0 Å². The highest BCUT2D eigenvalue weighted by Gasteiger charge is 2.16. The molecule has 0 bridgehead atoms. The van der Waals surface area contributed by atoms with Gasteiger partial charge in [-0.2, -0.15) is 0 Å². The van der Waals surface area contributed by atoms with E-state index in [1.165, 1.54) is 17.5 Å². The van der Waals surface area contributed by atoms with E-state index < -0.39 is 5.82 Å². The second-order valence-corrected chi connectivity index (χ2v) is 7.88. The molecule has 0 spiro atoms. The van der Waals surface area contributed by atoms with Gasteiger partial charge in [-0.05, 0) is 38.5 Å². The molecule has 0 aromatic carbocycles. The Kier molecular flexibility index (Phi) is 5.02. The summed E-state index contributed by atoms with van der Waals surface area (Å²) >= 11 is 1.53. The molecule has 4 aromatic rings. The minimum absolute atomic E-state index is 0.0752. The molecule has 29 heavy (non-hydrogen) atoms. The monoisotopic (exact) mass is 408 g/mol. The van der Waals surface area contributed by atoms with Crippen molar-refractivity contribution < 1.29 is 13.7 Å². The zero-order valence-corrected chi connectivity index (χ0v) is 16.9. The van der Waals surface area contributed by atoms with Gasteiger partial charge in [0.15, 0.2) is 5.78 Å². The third-order valence-electron chi connectivity index (χ3n) is 4.54. The molecule has 0 saturated carbocycles. The second-order valence-electron chi connectivity index (χ2n) is 6.68. The maximum atomic E-state index is 13.6. The summed E-state index contributed by atoms with van der Waals surface area (Å²) in [4.78, 5) is 26.3. The fourth-order valence-electron chi connectivity index (χ4n) is 2.95. The lowest BCUT2D eigenvalue weighted by Crippen LogP contribution is -2.08. The normalized spacial score (nSPS) is 11.0. The van der Waals surface area contributed by atoms with E-state index in [1.807, 2.05) is 26.0 Å². The lowest BCUT2D eigenvalue weighted by Gasteiger charge is -2.05. The fourth-order valence-corrected chi connectivity index (χ4v) is 3.84. The van der Waals surface area contributed by atoms with Gasteiger partial charge in [0.1, 0.15) is 22.3 Å². The predicted octanol–water partition coefficient (Wildman–Crippen LogP) is 4.74. The molecular formula is C21H17FN4O2S. The highest BCUT2D eigenvalue weighted by molar-refractivity contribution is 7.15. The van der Waals surface area contributed by atoms with Crippen molar-refractivity contribution in [2.24, 2.45) is 0 Å². The number of carbonyl (C=O) groups is 1. The van der Waals surface area contributed by atoms with Crippen LogP contribution in [-0.4, -0.2) is 25.9 Å². The molecule has 0 aliphatic carbocycles. The molecule has 0 fully saturated rings. The van der Waals surface area contributed by atoms with E-state index in [9.17, 15) is 9.18 Å². The van der Waals surface area contributed by atoms with Crippen LogP contribution in [0.5, 0.6) is 0 Å². The van der Waals surface area contributed by atoms with E-state index in [-0.39, 0.29) is 17.8 Å². The summed E-state index contributed by atoms with van der Waals surface area (Å²) in [7, 11) is 0. The van der Waals surface area contributed by atoms with Gasteiger partial charge in [-0.1, -0.05) is 5.16 Å². The maximum Gasteiger partial charge on any atom is 0.170 e. The third-order valence-corrected chi connectivity index (χ3v) is 5.53. The molecule has 6 nitrogen and oxygen atoms in total. The summed E-state index contributed by atoms with van der Waals surface area (Å²) in [5, 5.41) is 4.79. The molecule has 0 saturated heterocycles. The van der Waals surface area contributed by atoms with Crippen LogP contribution in [0.25, 0.3) is 22.0 Å². The van der Waals surface area contributed by atoms with Crippen LogP contribution in [0.1, 0.15) is 32.3 Å². The Labute approximate surface area is 170 Å². The first-order valence-corrected chi connectivity index (χ1v) is 9.73. The average molecular weight is 408 g/mol. The molecule has 0 aliphatic heterocycles. The van der Waals surface area contributed by atoms with Gasteiger partial charge < -0.3 is 4.52 Å². The van der Waals surface area contributed by atoms with Gasteiger partial charge in [-0.15, -0.1) is 11.3 Å². The van der Waals surface area contributed by atoms with Gasteiger partial charge in [-0.3, -0.25) is 14.8 Å². The highest BCUT2D eigenvalue weighted by Crippen LogP contribution is 2.32. The molecular weight excluding hydrogens is 391 g/mol. The van der Waals surface area contributed by atoms with E-state index in [1.54, 1.807) is 19.2 Å². The Morgan fingerprint density at radius 3 is 2.69 bits per heavy atom. The molecule has 0 aliphatic rings. The highest BCUT2D eigenvalue weighted by atomic mass is 32.1. The number of Topliss-reactive ketones (excluding diaryl/α,β-unsaturated/α-hetero) is 1. The van der Waals surface area contributed by atoms with Gasteiger partial charge in [0.05, 0.1) is 18.3 Å². The third kappa shape index (κ3) is 3.84. The van der Waals surface area contributed by atoms with Crippen molar-refractivity contribution in [3.63, 3.8) is 0 Å². The predicted molar refractivity (Wildman–Crippen MR) is 107 cm³/mol. The minimum Gasteiger partial charge on any atom is -0.361 e. The molecule has 4 heterocycles. The number of pyridine rings is 2. The van der Waals surface area contributed by atoms with Crippen molar-refractivity contribution in [1.82, 2.24) is 20.1 Å². The van der Waals surface area contributed by atoms with Crippen molar-refractivity contribution in [1.29, 1.82) is 0 Å². The van der Waals surface area contributed by atoms with E-state index in [0.29, 0.717) is 17.0 Å². The quantitative estimate of drug-likeness (QED) is 0.444. The molecule has 0 amide bonds. The minimum atomic E-state index is -0.490. The average Bonchev–Trinajstić information content (AvgIpc) is 3.30. The Hall–Kier alpha value is -3.26. The number of halogens is 1. The molecule has 146 valence electrons. The number of aromatic nitrogens is 4. The number of carbonyl (C=O) groups excluding carboxylic acids is 1. The number of nitrogens with zero attached hydrogens (tertiary/aromatic N) is 4. The maximum absolute atomic E-state index is 13.6. The molecule has 0 radical (unpaired) electrons. The number of hydrogen-bond donors (Lipinski definition) is 0. The van der Waals surface area contributed by atoms with Crippen LogP contribution < -0.4 is 0 Å². The summed E-state index contributed by atoms with van der Waals surface area (Å²) in [5.41, 5.74) is 3.55. The van der Waals surface area contributed by atoms with E-state index in [0.717, 1.165) is 33.1 Å². The first-order chi connectivity index (χ1) is 13.9. The summed E-state index contributed by atoms with van der Waals surface area (Å²) in [5.74, 6) is 0.0216. The van der Waals surface area contributed by atoms with Crippen molar-refractivity contribution in [3.8, 4) is 22.0 Å². The molecule has 0 N–H and O–H groups in total. The van der Waals surface area contributed by atoms with Gasteiger partial charge in [0, 0.05) is 40.2 Å². The number of rotatable bonds is 5. The number of aryl methyl sites for hydroxylation is 2. The smallest absolute Gasteiger partial charge is 0.170 e. The zero-order valence-electron chi connectivity index (χ0n) is 16.1. The Morgan fingerprint density at radius 2 is 2.00 bits per heavy atom. The Bertz CT molecular complexity index is 1200. The standard InChI is InChI=1S/C21H17FN4O2S/c1-11-6-18(26-28-11)21-25-20(13(3)29-21)14-4-5-15(24-8-14)7-19(27)16-9-23-10-17(22)12(16)2/h4-6,8-10H,7H2,1-3H3. The first-order valence-electron chi connectivity index (χ1n) is 8.92. The Morgan fingerprint density at radius 1 is 1.17 bits per heavy atom. The SMILES string of the molecule is Cc1cc(-c2nc(-c3ccc(CC(=O)c4cncc(F)c4C)nc3)c(C)s2)no1. The summed E-state index contributed by atoms with van der Waals surface area (Å²) < 4.78 is 18.8. The summed E-state index contributed by atoms with van der Waals surface area (Å²) in [6.45, 7) is 5.39. The van der Waals surface area contributed by atoms with Crippen LogP contribution in [-0.2, 0) is 6.42 Å². The molecule has 0 unspecified atom stereocenters. The first kappa shape index (κ1) is 19.1. The van der Waals surface area contributed by atoms with Gasteiger partial charge in [0.2, 0.25) is 0 Å². The van der Waals surface area contributed by atoms with Gasteiger partial charge >= 0.3 is 0 Å². The van der Waals surface area contributed by atoms with Crippen LogP contribution in [0, 0.1) is 26.6 Å². The van der Waals surface area contributed by atoms with Crippen LogP contribution in [0.15, 0.2) is 41.3 Å². The largest absolute Gasteiger partial charge is 0.361 e. The number of hydrogen-bond acceptors (Lipinski definition) is 7. The fraction of sp³-hybridized carbons (Fsp3) is 0.190. The van der Waals surface area contributed by atoms with Crippen molar-refractivity contribution >= 4 is 17.1 Å². The van der Waals surface area contributed by atoms with E-state index in [2.05, 4.69) is 20.1 Å². The summed E-state index contributed by atoms with van der Waals surface area (Å²) in [6.07, 6.45) is 4.26. The molecule has 0 atom stereocenters.